The largest absolute Gasteiger partial charge is 0.383 e. The summed E-state index contributed by atoms with van der Waals surface area (Å²) in [7, 11) is 2.24. The molecule has 114 valence electrons. The van der Waals surface area contributed by atoms with E-state index in [4.69, 9.17) is 5.73 Å². The summed E-state index contributed by atoms with van der Waals surface area (Å²) < 4.78 is 2.29. The lowest BCUT2D eigenvalue weighted by molar-refractivity contribution is 0.237. The van der Waals surface area contributed by atoms with Gasteiger partial charge in [-0.05, 0) is 39.3 Å². The molecule has 0 bridgehead atoms. The van der Waals surface area contributed by atoms with Crippen LogP contribution in [-0.4, -0.2) is 39.1 Å². The van der Waals surface area contributed by atoms with E-state index in [1.807, 2.05) is 0 Å². The Morgan fingerprint density at radius 2 is 2.00 bits per heavy atom. The summed E-state index contributed by atoms with van der Waals surface area (Å²) in [5.41, 5.74) is 9.44. The molecule has 5 nitrogen and oxygen atoms in total. The van der Waals surface area contributed by atoms with Crippen LogP contribution in [0.4, 0.5) is 5.82 Å². The number of fused-ring (bicyclic) bond motifs is 1. The van der Waals surface area contributed by atoms with Gasteiger partial charge in [0.05, 0.1) is 5.39 Å². The first-order chi connectivity index (χ1) is 10.1. The molecule has 3 rings (SSSR count). The van der Waals surface area contributed by atoms with Crippen molar-refractivity contribution < 1.29 is 0 Å². The van der Waals surface area contributed by atoms with Crippen LogP contribution in [0.2, 0.25) is 0 Å². The summed E-state index contributed by atoms with van der Waals surface area (Å²) in [6.07, 6.45) is 7.01. The van der Waals surface area contributed by atoms with Crippen LogP contribution >= 0.6 is 0 Å². The van der Waals surface area contributed by atoms with Crippen molar-refractivity contribution in [3.05, 3.63) is 17.6 Å². The molecule has 2 N–H and O–H groups in total. The lowest BCUT2D eigenvalue weighted by atomic mass is 10.2. The van der Waals surface area contributed by atoms with Crippen LogP contribution < -0.4 is 5.73 Å². The smallest absolute Gasteiger partial charge is 0.145 e. The maximum atomic E-state index is 6.02. The molecule has 0 aliphatic heterocycles. The predicted molar refractivity (Wildman–Crippen MR) is 86.3 cm³/mol. The Bertz CT molecular complexity index is 640. The zero-order valence-corrected chi connectivity index (χ0v) is 13.3. The van der Waals surface area contributed by atoms with Crippen LogP contribution in [0.5, 0.6) is 0 Å². The van der Waals surface area contributed by atoms with Gasteiger partial charge in [-0.2, -0.15) is 0 Å². The minimum Gasteiger partial charge on any atom is -0.383 e. The van der Waals surface area contributed by atoms with Crippen LogP contribution in [0.3, 0.4) is 0 Å². The standard InChI is InChI=1S/C16H25N5/c1-11-12(2)21(16-14(11)15(17)18-10-19-16)9-8-20(3)13-6-4-5-7-13/h10,13H,4-9H2,1-3H3,(H2,17,18,19). The molecule has 2 aromatic rings. The Morgan fingerprint density at radius 3 is 2.71 bits per heavy atom. The van der Waals surface area contributed by atoms with Gasteiger partial charge >= 0.3 is 0 Å². The third kappa shape index (κ3) is 2.50. The highest BCUT2D eigenvalue weighted by molar-refractivity contribution is 5.90. The summed E-state index contributed by atoms with van der Waals surface area (Å²) in [4.78, 5) is 11.1. The van der Waals surface area contributed by atoms with Crippen molar-refractivity contribution in [2.75, 3.05) is 19.3 Å². The van der Waals surface area contributed by atoms with Gasteiger partial charge in [-0.1, -0.05) is 12.8 Å². The second kappa shape index (κ2) is 5.64. The molecule has 1 aliphatic carbocycles. The van der Waals surface area contributed by atoms with Gasteiger partial charge in [0.2, 0.25) is 0 Å². The molecular weight excluding hydrogens is 262 g/mol. The number of rotatable bonds is 4. The fourth-order valence-electron chi connectivity index (χ4n) is 3.56. The molecule has 5 heteroatoms. The van der Waals surface area contributed by atoms with Crippen molar-refractivity contribution >= 4 is 16.9 Å². The van der Waals surface area contributed by atoms with E-state index in [0.29, 0.717) is 5.82 Å². The molecule has 0 spiro atoms. The van der Waals surface area contributed by atoms with E-state index in [0.717, 1.165) is 30.2 Å². The number of hydrogen-bond donors (Lipinski definition) is 1. The number of hydrogen-bond acceptors (Lipinski definition) is 4. The highest BCUT2D eigenvalue weighted by Crippen LogP contribution is 2.27. The number of aryl methyl sites for hydroxylation is 1. The second-order valence-corrected chi connectivity index (χ2v) is 6.24. The summed E-state index contributed by atoms with van der Waals surface area (Å²) >= 11 is 0. The molecule has 21 heavy (non-hydrogen) atoms. The monoisotopic (exact) mass is 287 g/mol. The van der Waals surface area contributed by atoms with E-state index in [2.05, 4.69) is 40.3 Å². The summed E-state index contributed by atoms with van der Waals surface area (Å²) in [6, 6.07) is 0.757. The Balaban J connectivity index is 1.84. The van der Waals surface area contributed by atoms with Gasteiger partial charge in [0.1, 0.15) is 17.8 Å². The first-order valence-electron chi connectivity index (χ1n) is 7.85. The minimum absolute atomic E-state index is 0.587. The zero-order valence-electron chi connectivity index (χ0n) is 13.3. The lowest BCUT2D eigenvalue weighted by Crippen LogP contribution is -2.32. The molecular formula is C16H25N5. The van der Waals surface area contributed by atoms with Gasteiger partial charge in [-0.15, -0.1) is 0 Å². The van der Waals surface area contributed by atoms with Crippen LogP contribution in [-0.2, 0) is 6.54 Å². The molecule has 2 aromatic heterocycles. The highest BCUT2D eigenvalue weighted by Gasteiger charge is 2.20. The van der Waals surface area contributed by atoms with Crippen molar-refractivity contribution in [1.29, 1.82) is 0 Å². The topological polar surface area (TPSA) is 60.0 Å². The molecule has 0 amide bonds. The molecule has 1 fully saturated rings. The van der Waals surface area contributed by atoms with E-state index < -0.39 is 0 Å². The SMILES string of the molecule is Cc1c(C)n(CCN(C)C2CCCC2)c2ncnc(N)c12. The van der Waals surface area contributed by atoms with Crippen molar-refractivity contribution in [1.82, 2.24) is 19.4 Å². The molecule has 0 unspecified atom stereocenters. The maximum absolute atomic E-state index is 6.02. The predicted octanol–water partition coefficient (Wildman–Crippen LogP) is 2.50. The third-order valence-corrected chi connectivity index (χ3v) is 5.06. The molecule has 0 aromatic carbocycles. The Hall–Kier alpha value is -1.62. The lowest BCUT2D eigenvalue weighted by Gasteiger charge is -2.24. The van der Waals surface area contributed by atoms with Crippen molar-refractivity contribution in [2.24, 2.45) is 0 Å². The van der Waals surface area contributed by atoms with E-state index in [9.17, 15) is 0 Å². The van der Waals surface area contributed by atoms with Gasteiger partial charge in [0.15, 0.2) is 0 Å². The van der Waals surface area contributed by atoms with Crippen molar-refractivity contribution in [3.8, 4) is 0 Å². The number of nitrogen functional groups attached to an aromatic ring is 1. The van der Waals surface area contributed by atoms with E-state index in [1.165, 1.54) is 36.9 Å². The molecule has 0 atom stereocenters. The van der Waals surface area contributed by atoms with Crippen LogP contribution in [0, 0.1) is 13.8 Å². The number of nitrogens with zero attached hydrogens (tertiary/aromatic N) is 4. The van der Waals surface area contributed by atoms with Gasteiger partial charge in [-0.25, -0.2) is 9.97 Å². The summed E-state index contributed by atoms with van der Waals surface area (Å²) in [5, 5.41) is 1.01. The fraction of sp³-hybridized carbons (Fsp3) is 0.625. The zero-order chi connectivity index (χ0) is 15.0. The van der Waals surface area contributed by atoms with Crippen LogP contribution in [0.15, 0.2) is 6.33 Å². The summed E-state index contributed by atoms with van der Waals surface area (Å²) in [6.45, 7) is 6.26. The number of nitrogens with two attached hydrogens (primary N) is 1. The molecule has 2 heterocycles. The van der Waals surface area contributed by atoms with Gasteiger partial charge < -0.3 is 15.2 Å². The Morgan fingerprint density at radius 1 is 1.29 bits per heavy atom. The van der Waals surface area contributed by atoms with Crippen molar-refractivity contribution in [3.63, 3.8) is 0 Å². The maximum Gasteiger partial charge on any atom is 0.145 e. The van der Waals surface area contributed by atoms with E-state index in [-0.39, 0.29) is 0 Å². The first kappa shape index (κ1) is 14.3. The second-order valence-electron chi connectivity index (χ2n) is 6.24. The Kier molecular flexibility index (Phi) is 3.85. The van der Waals surface area contributed by atoms with E-state index >= 15 is 0 Å². The number of anilines is 1. The van der Waals surface area contributed by atoms with Gasteiger partial charge in [0, 0.05) is 24.8 Å². The summed E-state index contributed by atoms with van der Waals surface area (Å²) in [5.74, 6) is 0.587. The van der Waals surface area contributed by atoms with Gasteiger partial charge in [-0.3, -0.25) is 0 Å². The molecule has 1 aliphatic rings. The van der Waals surface area contributed by atoms with Crippen LogP contribution in [0.1, 0.15) is 36.9 Å². The van der Waals surface area contributed by atoms with Crippen LogP contribution in [0.25, 0.3) is 11.0 Å². The average molecular weight is 287 g/mol. The highest BCUT2D eigenvalue weighted by atomic mass is 15.2. The fourth-order valence-corrected chi connectivity index (χ4v) is 3.56. The Labute approximate surface area is 126 Å². The minimum atomic E-state index is 0.587. The molecule has 1 saturated carbocycles. The van der Waals surface area contributed by atoms with Gasteiger partial charge in [0.25, 0.3) is 0 Å². The van der Waals surface area contributed by atoms with Crippen molar-refractivity contribution in [2.45, 2.75) is 52.1 Å². The number of aromatic nitrogens is 3. The molecule has 0 radical (unpaired) electrons. The first-order valence-corrected chi connectivity index (χ1v) is 7.85. The average Bonchev–Trinajstić information content (AvgIpc) is 3.07. The molecule has 0 saturated heterocycles. The third-order valence-electron chi connectivity index (χ3n) is 5.06. The normalized spacial score (nSPS) is 16.4. The van der Waals surface area contributed by atoms with E-state index in [1.54, 1.807) is 6.33 Å². The number of likely N-dealkylation sites (N-methyl/N-ethyl adjacent to an activating group) is 1. The quantitative estimate of drug-likeness (QED) is 0.938.